The minimum absolute atomic E-state index is 0.257. The lowest BCUT2D eigenvalue weighted by atomic mass is 10.1. The Morgan fingerprint density at radius 2 is 1.84 bits per heavy atom. The summed E-state index contributed by atoms with van der Waals surface area (Å²) in [4.78, 5) is 39.0. The molecule has 6 nitrogen and oxygen atoms in total. The van der Waals surface area contributed by atoms with Crippen LogP contribution >= 0.6 is 11.3 Å². The number of nitrogens with one attached hydrogen (secondary N) is 1. The van der Waals surface area contributed by atoms with E-state index >= 15 is 0 Å². The summed E-state index contributed by atoms with van der Waals surface area (Å²) < 4.78 is 16.3. The number of carbonyl (C=O) groups is 1. The summed E-state index contributed by atoms with van der Waals surface area (Å²) in [6.07, 6.45) is 0. The fraction of sp³-hybridized carbons (Fsp3) is 0.174. The number of benzene rings is 2. The average molecular weight is 437 g/mol. The van der Waals surface area contributed by atoms with Gasteiger partial charge in [-0.3, -0.25) is 14.2 Å². The molecule has 1 N–H and O–H groups in total. The van der Waals surface area contributed by atoms with Crippen LogP contribution in [0.4, 0.5) is 10.1 Å². The fourth-order valence-electron chi connectivity index (χ4n) is 3.46. The van der Waals surface area contributed by atoms with Crippen molar-refractivity contribution in [2.75, 3.05) is 5.32 Å². The summed E-state index contributed by atoms with van der Waals surface area (Å²) in [5, 5.41) is 4.54. The van der Waals surface area contributed by atoms with E-state index in [2.05, 4.69) is 5.32 Å². The monoisotopic (exact) mass is 437 g/mol. The minimum Gasteiger partial charge on any atom is -0.324 e. The Morgan fingerprint density at radius 1 is 1.06 bits per heavy atom. The SMILES string of the molecule is Cc1cc(-n2c(=O)c3sccc3n(CC(=O)Nc3cccc(C)c3C)c2=O)ccc1F. The highest BCUT2D eigenvalue weighted by atomic mass is 32.1. The summed E-state index contributed by atoms with van der Waals surface area (Å²) in [6, 6.07) is 11.3. The maximum Gasteiger partial charge on any atom is 0.336 e. The lowest BCUT2D eigenvalue weighted by molar-refractivity contribution is -0.116. The maximum atomic E-state index is 13.7. The minimum atomic E-state index is -0.655. The second kappa shape index (κ2) is 7.96. The van der Waals surface area contributed by atoms with E-state index in [-0.39, 0.29) is 18.1 Å². The lowest BCUT2D eigenvalue weighted by Crippen LogP contribution is -2.40. The zero-order valence-electron chi connectivity index (χ0n) is 17.2. The van der Waals surface area contributed by atoms with Crippen molar-refractivity contribution in [2.24, 2.45) is 0 Å². The Labute approximate surface area is 181 Å². The molecular formula is C23H20FN3O3S. The van der Waals surface area contributed by atoms with E-state index in [1.807, 2.05) is 26.0 Å². The molecule has 0 aliphatic carbocycles. The average Bonchev–Trinajstić information content (AvgIpc) is 3.22. The first-order valence-electron chi connectivity index (χ1n) is 9.63. The summed E-state index contributed by atoms with van der Waals surface area (Å²) >= 11 is 1.19. The van der Waals surface area contributed by atoms with E-state index in [0.717, 1.165) is 15.7 Å². The Hall–Kier alpha value is -3.52. The van der Waals surface area contributed by atoms with Gasteiger partial charge in [-0.2, -0.15) is 0 Å². The van der Waals surface area contributed by atoms with Crippen LogP contribution in [0, 0.1) is 26.6 Å². The summed E-state index contributed by atoms with van der Waals surface area (Å²) in [5.74, 6) is -0.814. The van der Waals surface area contributed by atoms with Crippen molar-refractivity contribution in [2.45, 2.75) is 27.3 Å². The van der Waals surface area contributed by atoms with E-state index in [0.29, 0.717) is 21.5 Å². The van der Waals surface area contributed by atoms with Crippen LogP contribution in [0.3, 0.4) is 0 Å². The van der Waals surface area contributed by atoms with Gasteiger partial charge in [-0.05, 0) is 73.2 Å². The highest BCUT2D eigenvalue weighted by Gasteiger charge is 2.18. The molecule has 0 radical (unpaired) electrons. The van der Waals surface area contributed by atoms with Crippen molar-refractivity contribution in [3.8, 4) is 5.69 Å². The van der Waals surface area contributed by atoms with Gasteiger partial charge in [0.2, 0.25) is 5.91 Å². The largest absolute Gasteiger partial charge is 0.336 e. The Kier molecular flexibility index (Phi) is 5.32. The number of fused-ring (bicyclic) bond motifs is 1. The molecule has 2 aromatic heterocycles. The zero-order valence-corrected chi connectivity index (χ0v) is 18.0. The van der Waals surface area contributed by atoms with Gasteiger partial charge in [-0.1, -0.05) is 12.1 Å². The molecule has 4 aromatic rings. The number of thiophene rings is 1. The number of anilines is 1. The van der Waals surface area contributed by atoms with Crippen LogP contribution in [0.2, 0.25) is 0 Å². The molecular weight excluding hydrogens is 417 g/mol. The molecule has 158 valence electrons. The highest BCUT2D eigenvalue weighted by molar-refractivity contribution is 7.17. The second-order valence-corrected chi connectivity index (χ2v) is 8.29. The predicted molar refractivity (Wildman–Crippen MR) is 121 cm³/mol. The van der Waals surface area contributed by atoms with Crippen LogP contribution in [0.1, 0.15) is 16.7 Å². The number of halogens is 1. The second-order valence-electron chi connectivity index (χ2n) is 7.37. The van der Waals surface area contributed by atoms with E-state index in [4.69, 9.17) is 0 Å². The standard InChI is InChI=1S/C23H20FN3O3S/c1-13-5-4-6-18(15(13)3)25-20(28)12-26-19-9-10-31-21(19)22(29)27(23(26)30)16-7-8-17(24)14(2)11-16/h4-11H,12H2,1-3H3,(H,25,28). The molecule has 0 atom stereocenters. The highest BCUT2D eigenvalue weighted by Crippen LogP contribution is 2.20. The lowest BCUT2D eigenvalue weighted by Gasteiger charge is -2.14. The third kappa shape index (κ3) is 3.70. The molecule has 8 heteroatoms. The number of hydrogen-bond acceptors (Lipinski definition) is 4. The number of aromatic nitrogens is 2. The molecule has 0 saturated carbocycles. The zero-order chi connectivity index (χ0) is 22.3. The van der Waals surface area contributed by atoms with Crippen molar-refractivity contribution in [3.63, 3.8) is 0 Å². The summed E-state index contributed by atoms with van der Waals surface area (Å²) in [7, 11) is 0. The fourth-order valence-corrected chi connectivity index (χ4v) is 4.28. The molecule has 0 bridgehead atoms. The quantitative estimate of drug-likeness (QED) is 0.526. The van der Waals surface area contributed by atoms with Gasteiger partial charge < -0.3 is 5.32 Å². The first-order chi connectivity index (χ1) is 14.8. The van der Waals surface area contributed by atoms with Crippen LogP contribution in [-0.4, -0.2) is 15.0 Å². The van der Waals surface area contributed by atoms with E-state index in [1.54, 1.807) is 24.4 Å². The van der Waals surface area contributed by atoms with E-state index in [1.165, 1.54) is 34.1 Å². The molecule has 2 heterocycles. The van der Waals surface area contributed by atoms with Gasteiger partial charge in [0.15, 0.2) is 0 Å². The van der Waals surface area contributed by atoms with Crippen LogP contribution in [-0.2, 0) is 11.3 Å². The van der Waals surface area contributed by atoms with Crippen molar-refractivity contribution < 1.29 is 9.18 Å². The Balaban J connectivity index is 1.81. The van der Waals surface area contributed by atoms with Gasteiger partial charge in [0.25, 0.3) is 5.56 Å². The Bertz CT molecular complexity index is 1450. The molecule has 0 aliphatic heterocycles. The number of aryl methyl sites for hydroxylation is 2. The number of nitrogens with zero attached hydrogens (tertiary/aromatic N) is 2. The van der Waals surface area contributed by atoms with Crippen LogP contribution in [0.25, 0.3) is 15.9 Å². The van der Waals surface area contributed by atoms with Crippen molar-refractivity contribution in [1.82, 2.24) is 9.13 Å². The normalized spacial score (nSPS) is 11.1. The molecule has 0 unspecified atom stereocenters. The Morgan fingerprint density at radius 3 is 2.58 bits per heavy atom. The van der Waals surface area contributed by atoms with Gasteiger partial charge in [0.05, 0.1) is 11.2 Å². The summed E-state index contributed by atoms with van der Waals surface area (Å²) in [5.41, 5.74) is 2.46. The molecule has 31 heavy (non-hydrogen) atoms. The van der Waals surface area contributed by atoms with Crippen molar-refractivity contribution >= 4 is 33.1 Å². The first kappa shape index (κ1) is 20.7. The van der Waals surface area contributed by atoms with Crippen molar-refractivity contribution in [1.29, 1.82) is 0 Å². The van der Waals surface area contributed by atoms with Gasteiger partial charge >= 0.3 is 5.69 Å². The third-order valence-electron chi connectivity index (χ3n) is 5.33. The van der Waals surface area contributed by atoms with Crippen molar-refractivity contribution in [3.05, 3.63) is 91.2 Å². The molecule has 0 saturated heterocycles. The van der Waals surface area contributed by atoms with E-state index < -0.39 is 17.1 Å². The molecule has 2 aromatic carbocycles. The van der Waals surface area contributed by atoms with Gasteiger partial charge in [0, 0.05) is 5.69 Å². The van der Waals surface area contributed by atoms with Gasteiger partial charge in [0.1, 0.15) is 17.1 Å². The van der Waals surface area contributed by atoms with Gasteiger partial charge in [-0.25, -0.2) is 13.8 Å². The smallest absolute Gasteiger partial charge is 0.324 e. The summed E-state index contributed by atoms with van der Waals surface area (Å²) in [6.45, 7) is 5.15. The molecule has 1 amide bonds. The van der Waals surface area contributed by atoms with E-state index in [9.17, 15) is 18.8 Å². The molecule has 4 rings (SSSR count). The molecule has 0 aliphatic rings. The van der Waals surface area contributed by atoms with Crippen LogP contribution < -0.4 is 16.6 Å². The number of amides is 1. The van der Waals surface area contributed by atoms with Crippen LogP contribution in [0.5, 0.6) is 0 Å². The van der Waals surface area contributed by atoms with Crippen LogP contribution in [0.15, 0.2) is 57.4 Å². The topological polar surface area (TPSA) is 73.1 Å². The number of carbonyl (C=O) groups excluding carboxylic acids is 1. The predicted octanol–water partition coefficient (Wildman–Crippen LogP) is 3.92. The third-order valence-corrected chi connectivity index (χ3v) is 6.23. The number of rotatable bonds is 4. The van der Waals surface area contributed by atoms with Gasteiger partial charge in [-0.15, -0.1) is 11.3 Å². The molecule has 0 spiro atoms. The maximum absolute atomic E-state index is 13.7. The first-order valence-corrected chi connectivity index (χ1v) is 10.5. The molecule has 0 fully saturated rings. The number of hydrogen-bond donors (Lipinski definition) is 1.